The average molecular weight is 431 g/mol. The van der Waals surface area contributed by atoms with Crippen molar-refractivity contribution in [2.45, 2.75) is 38.3 Å². The lowest BCUT2D eigenvalue weighted by Crippen LogP contribution is -2.23. The van der Waals surface area contributed by atoms with Gasteiger partial charge in [-0.3, -0.25) is 9.59 Å². The molecule has 0 unspecified atom stereocenters. The molecule has 7 nitrogen and oxygen atoms in total. The molecule has 0 atom stereocenters. The number of aromatic nitrogens is 1. The third kappa shape index (κ3) is 5.43. The first kappa shape index (κ1) is 21.4. The highest BCUT2D eigenvalue weighted by Crippen LogP contribution is 2.25. The largest absolute Gasteiger partial charge is 0.474 e. The van der Waals surface area contributed by atoms with Gasteiger partial charge in [-0.15, -0.1) is 0 Å². The second kappa shape index (κ2) is 9.96. The zero-order chi connectivity index (χ0) is 22.3. The van der Waals surface area contributed by atoms with E-state index in [2.05, 4.69) is 10.3 Å². The Morgan fingerprint density at radius 2 is 1.56 bits per heavy atom. The maximum Gasteiger partial charge on any atom is 0.251 e. The maximum atomic E-state index is 12.6. The molecule has 1 saturated carbocycles. The van der Waals surface area contributed by atoms with Gasteiger partial charge >= 0.3 is 0 Å². The maximum absolute atomic E-state index is 12.6. The predicted octanol–water partition coefficient (Wildman–Crippen LogP) is 4.22. The Morgan fingerprint density at radius 1 is 0.938 bits per heavy atom. The van der Waals surface area contributed by atoms with E-state index in [4.69, 9.17) is 15.2 Å². The minimum Gasteiger partial charge on any atom is -0.474 e. The molecule has 1 heterocycles. The summed E-state index contributed by atoms with van der Waals surface area (Å²) in [6.45, 7) is 0.333. The third-order valence-electron chi connectivity index (χ3n) is 5.36. The Balaban J connectivity index is 1.34. The monoisotopic (exact) mass is 431 g/mol. The molecule has 0 aliphatic heterocycles. The Labute approximate surface area is 186 Å². The minimum absolute atomic E-state index is 0.196. The quantitative estimate of drug-likeness (QED) is 0.556. The molecule has 0 saturated heterocycles. The van der Waals surface area contributed by atoms with Crippen LogP contribution in [0.1, 0.15) is 52.0 Å². The molecule has 1 aliphatic rings. The Hall–Kier alpha value is -3.87. The van der Waals surface area contributed by atoms with Crippen LogP contribution in [0, 0.1) is 0 Å². The molecule has 1 aromatic heterocycles. The number of amides is 2. The Kier molecular flexibility index (Phi) is 6.65. The van der Waals surface area contributed by atoms with Crippen molar-refractivity contribution in [3.05, 3.63) is 83.6 Å². The van der Waals surface area contributed by atoms with E-state index in [-0.39, 0.29) is 12.0 Å². The van der Waals surface area contributed by atoms with Crippen LogP contribution in [0.25, 0.3) is 0 Å². The summed E-state index contributed by atoms with van der Waals surface area (Å²) < 4.78 is 11.8. The van der Waals surface area contributed by atoms with Gasteiger partial charge in [0.1, 0.15) is 17.6 Å². The second-order valence-corrected chi connectivity index (χ2v) is 7.69. The molecule has 1 fully saturated rings. The van der Waals surface area contributed by atoms with Crippen LogP contribution in [0.3, 0.4) is 0 Å². The molecule has 0 spiro atoms. The van der Waals surface area contributed by atoms with Crippen molar-refractivity contribution in [1.29, 1.82) is 0 Å². The summed E-state index contributed by atoms with van der Waals surface area (Å²) in [5.74, 6) is 1.05. The van der Waals surface area contributed by atoms with E-state index in [0.717, 1.165) is 18.4 Å². The summed E-state index contributed by atoms with van der Waals surface area (Å²) in [5.41, 5.74) is 7.02. The molecular formula is C25H25N3O4. The average Bonchev–Trinajstić information content (AvgIpc) is 3.32. The van der Waals surface area contributed by atoms with Crippen LogP contribution in [-0.2, 0) is 6.54 Å². The first-order valence-corrected chi connectivity index (χ1v) is 10.6. The van der Waals surface area contributed by atoms with Gasteiger partial charge in [-0.05, 0) is 80.3 Å². The van der Waals surface area contributed by atoms with E-state index < -0.39 is 5.91 Å². The van der Waals surface area contributed by atoms with Crippen LogP contribution in [0.5, 0.6) is 17.4 Å². The molecule has 0 bridgehead atoms. The van der Waals surface area contributed by atoms with E-state index in [9.17, 15) is 9.59 Å². The smallest absolute Gasteiger partial charge is 0.251 e. The van der Waals surface area contributed by atoms with E-state index >= 15 is 0 Å². The topological polar surface area (TPSA) is 104 Å². The van der Waals surface area contributed by atoms with Crippen molar-refractivity contribution in [1.82, 2.24) is 10.3 Å². The molecule has 2 amide bonds. The number of hydrogen-bond donors (Lipinski definition) is 2. The number of benzene rings is 2. The summed E-state index contributed by atoms with van der Waals surface area (Å²) in [4.78, 5) is 28.1. The molecule has 32 heavy (non-hydrogen) atoms. The Morgan fingerprint density at radius 3 is 2.19 bits per heavy atom. The van der Waals surface area contributed by atoms with Crippen molar-refractivity contribution in [3.8, 4) is 17.4 Å². The van der Waals surface area contributed by atoms with Gasteiger partial charge in [0.15, 0.2) is 0 Å². The number of rotatable bonds is 8. The summed E-state index contributed by atoms with van der Waals surface area (Å²) in [6.07, 6.45) is 6.37. The highest BCUT2D eigenvalue weighted by atomic mass is 16.5. The van der Waals surface area contributed by atoms with E-state index in [1.54, 1.807) is 54.7 Å². The highest BCUT2D eigenvalue weighted by molar-refractivity contribution is 5.94. The number of nitrogens with one attached hydrogen (secondary N) is 1. The third-order valence-corrected chi connectivity index (χ3v) is 5.36. The van der Waals surface area contributed by atoms with Gasteiger partial charge in [-0.25, -0.2) is 4.98 Å². The lowest BCUT2D eigenvalue weighted by atomic mass is 10.2. The van der Waals surface area contributed by atoms with Crippen molar-refractivity contribution < 1.29 is 19.1 Å². The fraction of sp³-hybridized carbons (Fsp3) is 0.240. The second-order valence-electron chi connectivity index (χ2n) is 7.69. The number of nitrogens with zero attached hydrogens (tertiary/aromatic N) is 1. The number of carbonyl (C=O) groups is 2. The van der Waals surface area contributed by atoms with Crippen molar-refractivity contribution in [2.24, 2.45) is 5.73 Å². The molecule has 4 rings (SSSR count). The minimum atomic E-state index is -0.490. The van der Waals surface area contributed by atoms with Gasteiger partial charge in [0, 0.05) is 29.4 Å². The number of carbonyl (C=O) groups excluding carboxylic acids is 2. The van der Waals surface area contributed by atoms with Gasteiger partial charge in [0.2, 0.25) is 11.8 Å². The SMILES string of the molecule is NC(=O)c1ccc(Oc2ccc(C(=O)NCc3cccnc3OC3CCCC3)cc2)cc1. The predicted molar refractivity (Wildman–Crippen MR) is 120 cm³/mol. The zero-order valence-corrected chi connectivity index (χ0v) is 17.6. The van der Waals surface area contributed by atoms with E-state index in [1.165, 1.54) is 12.8 Å². The van der Waals surface area contributed by atoms with Crippen LogP contribution in [-0.4, -0.2) is 22.9 Å². The molecule has 164 valence electrons. The van der Waals surface area contributed by atoms with Crippen LogP contribution >= 0.6 is 0 Å². The van der Waals surface area contributed by atoms with Gasteiger partial charge in [0.25, 0.3) is 5.91 Å². The normalized spacial score (nSPS) is 13.5. The van der Waals surface area contributed by atoms with Crippen LogP contribution in [0.2, 0.25) is 0 Å². The molecule has 7 heteroatoms. The molecule has 3 N–H and O–H groups in total. The molecule has 3 aromatic rings. The molecule has 0 radical (unpaired) electrons. The summed E-state index contributed by atoms with van der Waals surface area (Å²) in [6, 6.07) is 17.1. The fourth-order valence-corrected chi connectivity index (χ4v) is 3.60. The number of pyridine rings is 1. The van der Waals surface area contributed by atoms with E-state index in [1.807, 2.05) is 12.1 Å². The van der Waals surface area contributed by atoms with Crippen molar-refractivity contribution >= 4 is 11.8 Å². The summed E-state index contributed by atoms with van der Waals surface area (Å²) in [7, 11) is 0. The van der Waals surface area contributed by atoms with Gasteiger partial charge in [-0.1, -0.05) is 6.07 Å². The summed E-state index contributed by atoms with van der Waals surface area (Å²) in [5, 5.41) is 2.92. The molecule has 2 aromatic carbocycles. The fourth-order valence-electron chi connectivity index (χ4n) is 3.60. The first-order chi connectivity index (χ1) is 15.6. The summed E-state index contributed by atoms with van der Waals surface area (Å²) >= 11 is 0. The van der Waals surface area contributed by atoms with Gasteiger partial charge in [0.05, 0.1) is 0 Å². The number of primary amides is 1. The van der Waals surface area contributed by atoms with Crippen LogP contribution < -0.4 is 20.5 Å². The lowest BCUT2D eigenvalue weighted by Gasteiger charge is -2.15. The highest BCUT2D eigenvalue weighted by Gasteiger charge is 2.19. The first-order valence-electron chi connectivity index (χ1n) is 10.6. The number of ether oxygens (including phenoxy) is 2. The number of nitrogens with two attached hydrogens (primary N) is 1. The van der Waals surface area contributed by atoms with E-state index in [0.29, 0.717) is 35.1 Å². The van der Waals surface area contributed by atoms with Gasteiger partial charge < -0.3 is 20.5 Å². The standard InChI is InChI=1S/C25H25N3O4/c26-23(29)17-7-11-21(12-8-17)31-22-13-9-18(10-14-22)24(30)28-16-19-4-3-15-27-25(19)32-20-5-1-2-6-20/h3-4,7-15,20H,1-2,5-6,16H2,(H2,26,29)(H,28,30). The van der Waals surface area contributed by atoms with Crippen LogP contribution in [0.15, 0.2) is 66.9 Å². The molecule has 1 aliphatic carbocycles. The number of hydrogen-bond acceptors (Lipinski definition) is 5. The van der Waals surface area contributed by atoms with Crippen molar-refractivity contribution in [2.75, 3.05) is 0 Å². The van der Waals surface area contributed by atoms with Gasteiger partial charge in [-0.2, -0.15) is 0 Å². The zero-order valence-electron chi connectivity index (χ0n) is 17.6. The molecular weight excluding hydrogens is 406 g/mol. The lowest BCUT2D eigenvalue weighted by molar-refractivity contribution is 0.0949. The Bertz CT molecular complexity index is 1080. The van der Waals surface area contributed by atoms with Crippen LogP contribution in [0.4, 0.5) is 0 Å². The van der Waals surface area contributed by atoms with Crippen molar-refractivity contribution in [3.63, 3.8) is 0 Å².